The number of hydrogen-bond acceptors (Lipinski definition) is 3. The van der Waals surface area contributed by atoms with Crippen molar-refractivity contribution >= 4 is 56.1 Å². The van der Waals surface area contributed by atoms with Gasteiger partial charge in [0.25, 0.3) is 0 Å². The van der Waals surface area contributed by atoms with E-state index in [1.807, 2.05) is 12.1 Å². The molecule has 63 heavy (non-hydrogen) atoms. The van der Waals surface area contributed by atoms with Gasteiger partial charge in [-0.05, 0) is 136 Å². The maximum absolute atomic E-state index is 6.36. The summed E-state index contributed by atoms with van der Waals surface area (Å²) in [6.07, 6.45) is 0. The molecule has 298 valence electrons. The minimum atomic E-state index is 0.867. The number of benzene rings is 10. The lowest BCUT2D eigenvalue weighted by molar-refractivity contribution is 0.669. The molecule has 0 atom stereocenters. The first-order chi connectivity index (χ1) is 31.3. The number of nitrogens with zero attached hydrogens (tertiary/aromatic N) is 2. The van der Waals surface area contributed by atoms with Crippen molar-refractivity contribution < 1.29 is 4.42 Å². The van der Waals surface area contributed by atoms with Gasteiger partial charge in [-0.2, -0.15) is 0 Å². The van der Waals surface area contributed by atoms with Crippen LogP contribution in [0.25, 0.3) is 66.4 Å². The van der Waals surface area contributed by atoms with Crippen LogP contribution in [-0.2, 0) is 0 Å². The number of fused-ring (bicyclic) bond motifs is 3. The van der Waals surface area contributed by atoms with Crippen LogP contribution in [0.5, 0.6) is 0 Å². The normalized spacial score (nSPS) is 11.2. The van der Waals surface area contributed by atoms with Gasteiger partial charge in [0, 0.05) is 33.8 Å². The first-order valence-corrected chi connectivity index (χ1v) is 21.4. The highest BCUT2D eigenvalue weighted by atomic mass is 16.3. The highest BCUT2D eigenvalue weighted by Gasteiger charge is 2.21. The molecule has 1 aromatic heterocycles. The van der Waals surface area contributed by atoms with Gasteiger partial charge in [0.05, 0.1) is 11.1 Å². The van der Waals surface area contributed by atoms with Gasteiger partial charge in [-0.1, -0.05) is 164 Å². The van der Waals surface area contributed by atoms with E-state index in [1.54, 1.807) is 0 Å². The Hall–Kier alpha value is -8.40. The molecule has 11 rings (SSSR count). The Morgan fingerprint density at radius 2 is 0.603 bits per heavy atom. The van der Waals surface area contributed by atoms with E-state index in [1.165, 1.54) is 27.8 Å². The predicted molar refractivity (Wildman–Crippen MR) is 265 cm³/mol. The van der Waals surface area contributed by atoms with E-state index < -0.39 is 0 Å². The summed E-state index contributed by atoms with van der Waals surface area (Å²) in [6.45, 7) is 0. The van der Waals surface area contributed by atoms with E-state index in [9.17, 15) is 0 Å². The third kappa shape index (κ3) is 7.22. The van der Waals surface area contributed by atoms with Crippen molar-refractivity contribution in [1.82, 2.24) is 0 Å². The van der Waals surface area contributed by atoms with E-state index in [2.05, 4.69) is 252 Å². The molecule has 0 aliphatic rings. The molecule has 1 heterocycles. The summed E-state index contributed by atoms with van der Waals surface area (Å²) in [6, 6.07) is 90.7. The third-order valence-electron chi connectivity index (χ3n) is 11.9. The summed E-state index contributed by atoms with van der Waals surface area (Å²) in [5, 5.41) is 2.19. The number of furan rings is 1. The van der Waals surface area contributed by atoms with E-state index in [-0.39, 0.29) is 0 Å². The second-order valence-electron chi connectivity index (χ2n) is 15.7. The van der Waals surface area contributed by atoms with Crippen molar-refractivity contribution in [3.05, 3.63) is 255 Å². The van der Waals surface area contributed by atoms with Gasteiger partial charge in [-0.15, -0.1) is 0 Å². The standard InChI is InChI=1S/C60H42N2O/c1-6-19-43(20-7-1)53-42-56(46-35-39-51(40-36-46)62(49-27-14-5-15-28-49)57-30-18-32-59-60(57)52-29-16-17-31-58(52)63-59)54(44-21-8-2-9-22-44)41-55(53)45-33-37-50(38-34-45)61(47-23-10-3-11-24-47)48-25-12-4-13-26-48/h1-42H. The third-order valence-corrected chi connectivity index (χ3v) is 11.9. The fraction of sp³-hybridized carbons (Fsp3) is 0. The van der Waals surface area contributed by atoms with Crippen molar-refractivity contribution in [1.29, 1.82) is 0 Å². The average molecular weight is 807 g/mol. The van der Waals surface area contributed by atoms with Crippen LogP contribution in [0.1, 0.15) is 0 Å². The zero-order valence-electron chi connectivity index (χ0n) is 34.6. The Morgan fingerprint density at radius 1 is 0.254 bits per heavy atom. The Bertz CT molecular complexity index is 3250. The number of rotatable bonds is 10. The largest absolute Gasteiger partial charge is 0.456 e. The van der Waals surface area contributed by atoms with Crippen LogP contribution in [0, 0.1) is 0 Å². The average Bonchev–Trinajstić information content (AvgIpc) is 3.75. The molecule has 0 bridgehead atoms. The second-order valence-corrected chi connectivity index (χ2v) is 15.7. The first kappa shape index (κ1) is 37.6. The predicted octanol–water partition coefficient (Wildman–Crippen LogP) is 17.2. The number of hydrogen-bond donors (Lipinski definition) is 0. The summed E-state index contributed by atoms with van der Waals surface area (Å²) < 4.78 is 6.36. The molecule has 0 fully saturated rings. The van der Waals surface area contributed by atoms with Gasteiger partial charge in [0.2, 0.25) is 0 Å². The molecule has 0 aliphatic heterocycles. The minimum Gasteiger partial charge on any atom is -0.456 e. The molecule has 0 radical (unpaired) electrons. The first-order valence-electron chi connectivity index (χ1n) is 21.4. The minimum absolute atomic E-state index is 0.867. The summed E-state index contributed by atoms with van der Waals surface area (Å²) in [4.78, 5) is 4.64. The molecule has 3 heteroatoms. The van der Waals surface area contributed by atoms with Crippen molar-refractivity contribution in [2.24, 2.45) is 0 Å². The van der Waals surface area contributed by atoms with Crippen LogP contribution < -0.4 is 9.80 Å². The lowest BCUT2D eigenvalue weighted by Gasteiger charge is -2.26. The maximum atomic E-state index is 6.36. The molecule has 11 aromatic rings. The molecule has 10 aromatic carbocycles. The van der Waals surface area contributed by atoms with E-state index >= 15 is 0 Å². The smallest absolute Gasteiger partial charge is 0.137 e. The SMILES string of the molecule is c1ccc(-c2cc(-c3ccc(N(c4ccccc4)c4cccc5oc6ccccc6c45)cc3)c(-c3ccccc3)cc2-c2ccc(N(c3ccccc3)c3ccccc3)cc2)cc1. The fourth-order valence-electron chi connectivity index (χ4n) is 8.92. The van der Waals surface area contributed by atoms with Crippen molar-refractivity contribution in [3.63, 3.8) is 0 Å². The number of anilines is 6. The van der Waals surface area contributed by atoms with E-state index in [4.69, 9.17) is 4.42 Å². The van der Waals surface area contributed by atoms with Crippen LogP contribution >= 0.6 is 0 Å². The van der Waals surface area contributed by atoms with Gasteiger partial charge in [-0.3, -0.25) is 0 Å². The van der Waals surface area contributed by atoms with E-state index in [0.717, 1.165) is 72.8 Å². The topological polar surface area (TPSA) is 19.6 Å². The molecule has 0 amide bonds. The van der Waals surface area contributed by atoms with Crippen molar-refractivity contribution in [3.8, 4) is 44.5 Å². The van der Waals surface area contributed by atoms with Gasteiger partial charge in [0.1, 0.15) is 11.2 Å². The van der Waals surface area contributed by atoms with Gasteiger partial charge in [0.15, 0.2) is 0 Å². The van der Waals surface area contributed by atoms with Crippen LogP contribution in [-0.4, -0.2) is 0 Å². The fourth-order valence-corrected chi connectivity index (χ4v) is 8.92. The Morgan fingerprint density at radius 3 is 1.08 bits per heavy atom. The van der Waals surface area contributed by atoms with Gasteiger partial charge in [-0.25, -0.2) is 0 Å². The molecule has 3 nitrogen and oxygen atoms in total. The Kier molecular flexibility index (Phi) is 9.89. The summed E-state index contributed by atoms with van der Waals surface area (Å²) in [5.74, 6) is 0. The molecular weight excluding hydrogens is 765 g/mol. The lowest BCUT2D eigenvalue weighted by atomic mass is 9.85. The highest BCUT2D eigenvalue weighted by molar-refractivity contribution is 6.13. The summed E-state index contributed by atoms with van der Waals surface area (Å²) in [7, 11) is 0. The zero-order chi connectivity index (χ0) is 42.0. The van der Waals surface area contributed by atoms with Crippen LogP contribution in [0.15, 0.2) is 259 Å². The Labute approximate surface area is 368 Å². The van der Waals surface area contributed by atoms with Crippen LogP contribution in [0.3, 0.4) is 0 Å². The molecular formula is C60H42N2O. The summed E-state index contributed by atoms with van der Waals surface area (Å²) >= 11 is 0. The monoisotopic (exact) mass is 806 g/mol. The van der Waals surface area contributed by atoms with Gasteiger partial charge >= 0.3 is 0 Å². The molecule has 0 saturated heterocycles. The number of para-hydroxylation sites is 4. The molecule has 0 spiro atoms. The maximum Gasteiger partial charge on any atom is 0.137 e. The van der Waals surface area contributed by atoms with Crippen LogP contribution in [0.4, 0.5) is 34.1 Å². The lowest BCUT2D eigenvalue weighted by Crippen LogP contribution is -2.10. The van der Waals surface area contributed by atoms with Crippen LogP contribution in [0.2, 0.25) is 0 Å². The Balaban J connectivity index is 1.05. The summed E-state index contributed by atoms with van der Waals surface area (Å²) in [5.41, 5.74) is 17.6. The highest BCUT2D eigenvalue weighted by Crippen LogP contribution is 2.46. The van der Waals surface area contributed by atoms with Crippen molar-refractivity contribution in [2.75, 3.05) is 9.80 Å². The van der Waals surface area contributed by atoms with Gasteiger partial charge < -0.3 is 14.2 Å². The zero-order valence-corrected chi connectivity index (χ0v) is 34.6. The molecule has 0 N–H and O–H groups in total. The van der Waals surface area contributed by atoms with Crippen molar-refractivity contribution in [2.45, 2.75) is 0 Å². The molecule has 0 unspecified atom stereocenters. The van der Waals surface area contributed by atoms with E-state index in [0.29, 0.717) is 0 Å². The molecule has 0 aliphatic carbocycles. The quantitative estimate of drug-likeness (QED) is 0.137. The second kappa shape index (κ2) is 16.6. The molecule has 0 saturated carbocycles.